The zero-order chi connectivity index (χ0) is 17.5. The molecule has 0 aliphatic carbocycles. The molecular weight excluding hydrogens is 294 g/mol. The maximum Gasteiger partial charge on any atom is 0.341 e. The van der Waals surface area contributed by atoms with Crippen LogP contribution in [0.1, 0.15) is 43.6 Å². The van der Waals surface area contributed by atoms with Crippen LogP contribution < -0.4 is 15.4 Å². The number of carbonyl (C=O) groups is 1. The van der Waals surface area contributed by atoms with Crippen LogP contribution in [0.25, 0.3) is 0 Å². The van der Waals surface area contributed by atoms with Gasteiger partial charge in [-0.15, -0.1) is 0 Å². The Hall–Kier alpha value is -2.24. The second-order valence-corrected chi connectivity index (χ2v) is 6.10. The summed E-state index contributed by atoms with van der Waals surface area (Å²) in [6.45, 7) is 9.45. The number of guanidine groups is 1. The number of esters is 1. The lowest BCUT2D eigenvalue weighted by Gasteiger charge is -2.23. The molecule has 0 heterocycles. The molecule has 0 aliphatic rings. The van der Waals surface area contributed by atoms with Crippen molar-refractivity contribution in [2.45, 2.75) is 39.8 Å². The molecule has 1 aromatic rings. The Balaban J connectivity index is 2.98. The predicted molar refractivity (Wildman–Crippen MR) is 92.0 cm³/mol. The number of ether oxygens (including phenoxy) is 2. The van der Waals surface area contributed by atoms with Gasteiger partial charge in [0.2, 0.25) is 0 Å². The predicted octanol–water partition coefficient (Wildman–Crippen LogP) is 2.34. The first-order valence-electron chi connectivity index (χ1n) is 7.62. The summed E-state index contributed by atoms with van der Waals surface area (Å²) in [5.74, 6) is 0.798. The van der Waals surface area contributed by atoms with Crippen molar-refractivity contribution in [1.82, 2.24) is 10.6 Å². The van der Waals surface area contributed by atoms with Crippen molar-refractivity contribution < 1.29 is 14.3 Å². The van der Waals surface area contributed by atoms with Crippen molar-refractivity contribution in [2.24, 2.45) is 4.99 Å². The summed E-state index contributed by atoms with van der Waals surface area (Å²) in [7, 11) is 2.87. The molecule has 6 nitrogen and oxygen atoms in total. The Morgan fingerprint density at radius 2 is 1.96 bits per heavy atom. The van der Waals surface area contributed by atoms with Crippen LogP contribution >= 0.6 is 0 Å². The fraction of sp³-hybridized carbons (Fsp3) is 0.529. The summed E-state index contributed by atoms with van der Waals surface area (Å²) in [6, 6.07) is 5.38. The van der Waals surface area contributed by atoms with E-state index in [4.69, 9.17) is 9.47 Å². The second-order valence-electron chi connectivity index (χ2n) is 6.10. The van der Waals surface area contributed by atoms with Gasteiger partial charge >= 0.3 is 5.97 Å². The van der Waals surface area contributed by atoms with E-state index < -0.39 is 5.97 Å². The molecular formula is C17H27N3O3. The molecule has 0 saturated heterocycles. The van der Waals surface area contributed by atoms with Crippen LogP contribution in [0.15, 0.2) is 23.2 Å². The van der Waals surface area contributed by atoms with Gasteiger partial charge in [-0.25, -0.2) is 9.79 Å². The first kappa shape index (κ1) is 18.8. The summed E-state index contributed by atoms with van der Waals surface area (Å²) in [6.07, 6.45) is 0. The molecule has 23 heavy (non-hydrogen) atoms. The van der Waals surface area contributed by atoms with Gasteiger partial charge in [0.25, 0.3) is 0 Å². The van der Waals surface area contributed by atoms with E-state index in [0.29, 0.717) is 17.9 Å². The van der Waals surface area contributed by atoms with Crippen LogP contribution in [0.3, 0.4) is 0 Å². The van der Waals surface area contributed by atoms with Gasteiger partial charge in [-0.1, -0.05) is 6.07 Å². The highest BCUT2D eigenvalue weighted by atomic mass is 16.5. The van der Waals surface area contributed by atoms with Crippen molar-refractivity contribution in [2.75, 3.05) is 20.8 Å². The van der Waals surface area contributed by atoms with E-state index >= 15 is 0 Å². The number of aliphatic imine (C=N–C) groups is 1. The van der Waals surface area contributed by atoms with E-state index in [2.05, 4.69) is 36.4 Å². The third kappa shape index (κ3) is 6.18. The molecule has 0 spiro atoms. The molecule has 0 saturated carbocycles. The number of carbonyl (C=O) groups excluding carboxylic acids is 1. The molecule has 2 N–H and O–H groups in total. The summed E-state index contributed by atoms with van der Waals surface area (Å²) in [4.78, 5) is 16.4. The standard InChI is InChI=1S/C17H27N3O3/c1-7-18-16(20-17(2,3)4)19-11-12-8-9-14(22-5)13(10-12)15(21)23-6/h8-10H,7,11H2,1-6H3,(H2,18,19,20). The van der Waals surface area contributed by atoms with Crippen LogP contribution in [0, 0.1) is 0 Å². The highest BCUT2D eigenvalue weighted by Gasteiger charge is 2.14. The molecule has 1 rings (SSSR count). The fourth-order valence-corrected chi connectivity index (χ4v) is 1.96. The molecule has 0 aromatic heterocycles. The Kier molecular flexibility index (Phi) is 6.88. The Morgan fingerprint density at radius 3 is 2.48 bits per heavy atom. The molecule has 0 atom stereocenters. The minimum Gasteiger partial charge on any atom is -0.496 e. The lowest BCUT2D eigenvalue weighted by molar-refractivity contribution is 0.0597. The summed E-state index contributed by atoms with van der Waals surface area (Å²) < 4.78 is 9.98. The quantitative estimate of drug-likeness (QED) is 0.495. The minimum atomic E-state index is -0.424. The fourth-order valence-electron chi connectivity index (χ4n) is 1.96. The van der Waals surface area contributed by atoms with E-state index in [1.165, 1.54) is 14.2 Å². The lowest BCUT2D eigenvalue weighted by Crippen LogP contribution is -2.47. The Labute approximate surface area is 138 Å². The molecule has 0 aliphatic heterocycles. The molecule has 1 aromatic carbocycles. The van der Waals surface area contributed by atoms with Crippen LogP contribution in [-0.2, 0) is 11.3 Å². The molecule has 0 radical (unpaired) electrons. The van der Waals surface area contributed by atoms with Crippen molar-refractivity contribution in [1.29, 1.82) is 0 Å². The molecule has 0 bridgehead atoms. The monoisotopic (exact) mass is 321 g/mol. The zero-order valence-corrected chi connectivity index (χ0v) is 14.8. The van der Waals surface area contributed by atoms with Gasteiger partial charge in [-0.05, 0) is 45.4 Å². The van der Waals surface area contributed by atoms with Crippen molar-refractivity contribution in [3.05, 3.63) is 29.3 Å². The molecule has 6 heteroatoms. The highest BCUT2D eigenvalue weighted by molar-refractivity contribution is 5.92. The van der Waals surface area contributed by atoms with Gasteiger partial charge in [-0.2, -0.15) is 0 Å². The smallest absolute Gasteiger partial charge is 0.341 e. The first-order chi connectivity index (χ1) is 10.8. The van der Waals surface area contributed by atoms with E-state index in [-0.39, 0.29) is 5.54 Å². The van der Waals surface area contributed by atoms with E-state index in [1.807, 2.05) is 13.0 Å². The number of rotatable bonds is 5. The van der Waals surface area contributed by atoms with E-state index in [9.17, 15) is 4.79 Å². The minimum absolute atomic E-state index is 0.0852. The zero-order valence-electron chi connectivity index (χ0n) is 14.8. The number of methoxy groups -OCH3 is 2. The van der Waals surface area contributed by atoms with E-state index in [0.717, 1.165) is 18.1 Å². The average Bonchev–Trinajstić information content (AvgIpc) is 2.50. The van der Waals surface area contributed by atoms with Gasteiger partial charge in [0.05, 0.1) is 20.8 Å². The average molecular weight is 321 g/mol. The van der Waals surface area contributed by atoms with Crippen molar-refractivity contribution in [3.63, 3.8) is 0 Å². The van der Waals surface area contributed by atoms with Gasteiger partial charge < -0.3 is 20.1 Å². The largest absolute Gasteiger partial charge is 0.496 e. The lowest BCUT2D eigenvalue weighted by atomic mass is 10.1. The number of benzene rings is 1. The van der Waals surface area contributed by atoms with Crippen LogP contribution in [0.4, 0.5) is 0 Å². The van der Waals surface area contributed by atoms with Gasteiger partial charge in [0, 0.05) is 12.1 Å². The normalized spacial score (nSPS) is 11.8. The summed E-state index contributed by atoms with van der Waals surface area (Å²) >= 11 is 0. The molecule has 0 unspecified atom stereocenters. The number of nitrogens with one attached hydrogen (secondary N) is 2. The second kappa shape index (κ2) is 8.41. The molecule has 128 valence electrons. The van der Waals surface area contributed by atoms with Crippen molar-refractivity contribution >= 4 is 11.9 Å². The molecule has 0 fully saturated rings. The maximum atomic E-state index is 11.8. The highest BCUT2D eigenvalue weighted by Crippen LogP contribution is 2.21. The van der Waals surface area contributed by atoms with Crippen LogP contribution in [-0.4, -0.2) is 38.2 Å². The number of hydrogen-bond donors (Lipinski definition) is 2. The first-order valence-corrected chi connectivity index (χ1v) is 7.62. The van der Waals surface area contributed by atoms with Crippen LogP contribution in [0.2, 0.25) is 0 Å². The summed E-state index contributed by atoms with van der Waals surface area (Å²) in [5, 5.41) is 6.52. The SMILES string of the molecule is CCNC(=NCc1ccc(OC)c(C(=O)OC)c1)NC(C)(C)C. The topological polar surface area (TPSA) is 72.0 Å². The van der Waals surface area contributed by atoms with E-state index in [1.54, 1.807) is 12.1 Å². The van der Waals surface area contributed by atoms with Crippen molar-refractivity contribution in [3.8, 4) is 5.75 Å². The van der Waals surface area contributed by atoms with Gasteiger partial charge in [-0.3, -0.25) is 0 Å². The third-order valence-corrected chi connectivity index (χ3v) is 2.93. The third-order valence-electron chi connectivity index (χ3n) is 2.93. The van der Waals surface area contributed by atoms with Gasteiger partial charge in [0.15, 0.2) is 5.96 Å². The Morgan fingerprint density at radius 1 is 1.26 bits per heavy atom. The number of nitrogens with zero attached hydrogens (tertiary/aromatic N) is 1. The Bertz CT molecular complexity index is 563. The maximum absolute atomic E-state index is 11.8. The van der Waals surface area contributed by atoms with Gasteiger partial charge in [0.1, 0.15) is 11.3 Å². The number of hydrogen-bond acceptors (Lipinski definition) is 4. The molecule has 0 amide bonds. The van der Waals surface area contributed by atoms with Crippen LogP contribution in [0.5, 0.6) is 5.75 Å². The summed E-state index contributed by atoms with van der Waals surface area (Å²) in [5.41, 5.74) is 1.21.